The van der Waals surface area contributed by atoms with Crippen LogP contribution in [0.4, 0.5) is 30.6 Å². The van der Waals surface area contributed by atoms with Crippen LogP contribution in [0, 0.1) is 6.92 Å². The third-order valence-electron chi connectivity index (χ3n) is 3.18. The fourth-order valence-electron chi connectivity index (χ4n) is 2.03. The van der Waals surface area contributed by atoms with E-state index in [9.17, 15) is 13.2 Å². The van der Waals surface area contributed by atoms with Crippen molar-refractivity contribution in [1.29, 1.82) is 0 Å². The monoisotopic (exact) mass is 307 g/mol. The van der Waals surface area contributed by atoms with Gasteiger partial charge in [-0.05, 0) is 42.8 Å². The number of alkyl halides is 3. The van der Waals surface area contributed by atoms with Crippen LogP contribution in [0.15, 0.2) is 36.4 Å². The maximum Gasteiger partial charge on any atom is 0.416 e. The summed E-state index contributed by atoms with van der Waals surface area (Å²) in [5.74, 6) is 0.689. The van der Waals surface area contributed by atoms with Crippen LogP contribution in [0.3, 0.4) is 0 Å². The van der Waals surface area contributed by atoms with E-state index in [1.54, 1.807) is 6.07 Å². The predicted molar refractivity (Wildman–Crippen MR) is 76.9 cm³/mol. The van der Waals surface area contributed by atoms with Crippen LogP contribution in [-0.2, 0) is 6.18 Å². The zero-order chi connectivity index (χ0) is 15.9. The van der Waals surface area contributed by atoms with E-state index in [-0.39, 0.29) is 5.95 Å². The van der Waals surface area contributed by atoms with Gasteiger partial charge in [-0.3, -0.25) is 0 Å². The number of nitrogen functional groups attached to an aromatic ring is 1. The maximum atomic E-state index is 12.5. The number of halogens is 3. The molecule has 0 saturated carbocycles. The van der Waals surface area contributed by atoms with Crippen molar-refractivity contribution in [2.24, 2.45) is 0 Å². The summed E-state index contributed by atoms with van der Waals surface area (Å²) in [7, 11) is 0. The average Bonchev–Trinajstić information content (AvgIpc) is 2.88. The molecule has 3 aromatic rings. The molecule has 2 heterocycles. The van der Waals surface area contributed by atoms with Gasteiger partial charge in [-0.25, -0.2) is 0 Å². The molecule has 22 heavy (non-hydrogen) atoms. The Morgan fingerprint density at radius 1 is 1.09 bits per heavy atom. The van der Waals surface area contributed by atoms with E-state index in [1.807, 2.05) is 13.0 Å². The zero-order valence-electron chi connectivity index (χ0n) is 11.5. The third-order valence-corrected chi connectivity index (χ3v) is 3.18. The lowest BCUT2D eigenvalue weighted by Crippen LogP contribution is -2.04. The quantitative estimate of drug-likeness (QED) is 0.761. The first kappa shape index (κ1) is 14.2. The summed E-state index contributed by atoms with van der Waals surface area (Å²) in [5.41, 5.74) is 7.04. The lowest BCUT2D eigenvalue weighted by atomic mass is 10.2. The van der Waals surface area contributed by atoms with Crippen LogP contribution in [-0.4, -0.2) is 14.6 Å². The van der Waals surface area contributed by atoms with Crippen molar-refractivity contribution in [3.05, 3.63) is 47.5 Å². The van der Waals surface area contributed by atoms with Gasteiger partial charge in [-0.15, -0.1) is 5.10 Å². The molecule has 0 amide bonds. The minimum Gasteiger partial charge on any atom is -0.384 e. The highest BCUT2D eigenvalue weighted by molar-refractivity contribution is 5.60. The largest absolute Gasteiger partial charge is 0.416 e. The van der Waals surface area contributed by atoms with Crippen LogP contribution in [0.25, 0.3) is 5.65 Å². The van der Waals surface area contributed by atoms with E-state index in [2.05, 4.69) is 15.4 Å². The van der Waals surface area contributed by atoms with Crippen LogP contribution in [0.5, 0.6) is 0 Å². The SMILES string of the molecule is Cc1ccc(N)n2nc(Nc3ccc(C(F)(F)F)cc3)nc12. The Hall–Kier alpha value is -2.77. The van der Waals surface area contributed by atoms with Gasteiger partial charge in [0.15, 0.2) is 5.65 Å². The van der Waals surface area contributed by atoms with Crippen molar-refractivity contribution < 1.29 is 13.2 Å². The van der Waals surface area contributed by atoms with Crippen molar-refractivity contribution in [3.8, 4) is 0 Å². The highest BCUT2D eigenvalue weighted by Crippen LogP contribution is 2.30. The topological polar surface area (TPSA) is 68.2 Å². The molecule has 0 bridgehead atoms. The molecule has 0 aliphatic carbocycles. The molecule has 0 fully saturated rings. The number of pyridine rings is 1. The first-order valence-electron chi connectivity index (χ1n) is 6.41. The molecule has 3 N–H and O–H groups in total. The fourth-order valence-corrected chi connectivity index (χ4v) is 2.03. The second kappa shape index (κ2) is 4.90. The van der Waals surface area contributed by atoms with Gasteiger partial charge in [0.25, 0.3) is 0 Å². The molecule has 114 valence electrons. The molecule has 1 aromatic carbocycles. The van der Waals surface area contributed by atoms with Crippen molar-refractivity contribution >= 4 is 23.1 Å². The summed E-state index contributed by atoms with van der Waals surface area (Å²) in [5, 5.41) is 7.05. The average molecular weight is 307 g/mol. The maximum absolute atomic E-state index is 12.5. The second-order valence-electron chi connectivity index (χ2n) is 4.81. The molecule has 0 radical (unpaired) electrons. The number of nitrogens with zero attached hydrogens (tertiary/aromatic N) is 3. The molecule has 0 aliphatic rings. The summed E-state index contributed by atoms with van der Waals surface area (Å²) < 4.78 is 39.0. The number of fused-ring (bicyclic) bond motifs is 1. The Labute approximate surface area is 123 Å². The Bertz CT molecular complexity index is 782. The lowest BCUT2D eigenvalue weighted by molar-refractivity contribution is -0.137. The zero-order valence-corrected chi connectivity index (χ0v) is 11.5. The Morgan fingerprint density at radius 2 is 1.77 bits per heavy atom. The first-order chi connectivity index (χ1) is 10.3. The summed E-state index contributed by atoms with van der Waals surface area (Å²) in [4.78, 5) is 4.28. The van der Waals surface area contributed by atoms with Crippen molar-refractivity contribution in [2.75, 3.05) is 11.1 Å². The number of hydrogen-bond acceptors (Lipinski definition) is 4. The molecule has 2 aromatic heterocycles. The molecule has 0 atom stereocenters. The molecule has 8 heteroatoms. The summed E-state index contributed by atoms with van der Waals surface area (Å²) in [6.07, 6.45) is -4.36. The smallest absolute Gasteiger partial charge is 0.384 e. The van der Waals surface area contributed by atoms with E-state index in [4.69, 9.17) is 5.73 Å². The first-order valence-corrected chi connectivity index (χ1v) is 6.41. The second-order valence-corrected chi connectivity index (χ2v) is 4.81. The van der Waals surface area contributed by atoms with Crippen LogP contribution in [0.2, 0.25) is 0 Å². The van der Waals surface area contributed by atoms with E-state index in [0.29, 0.717) is 17.2 Å². The molecule has 0 aliphatic heterocycles. The van der Waals surface area contributed by atoms with Crippen molar-refractivity contribution in [2.45, 2.75) is 13.1 Å². The van der Waals surface area contributed by atoms with Gasteiger partial charge in [0, 0.05) is 5.69 Å². The number of benzene rings is 1. The highest BCUT2D eigenvalue weighted by Gasteiger charge is 2.29. The van der Waals surface area contributed by atoms with Gasteiger partial charge < -0.3 is 11.1 Å². The van der Waals surface area contributed by atoms with Gasteiger partial charge in [0.05, 0.1) is 5.56 Å². The van der Waals surface area contributed by atoms with E-state index in [1.165, 1.54) is 16.6 Å². The Morgan fingerprint density at radius 3 is 2.36 bits per heavy atom. The number of aryl methyl sites for hydroxylation is 1. The number of nitrogens with one attached hydrogen (secondary N) is 1. The summed E-state index contributed by atoms with van der Waals surface area (Å²) in [6.45, 7) is 1.87. The number of anilines is 3. The van der Waals surface area contributed by atoms with Gasteiger partial charge in [0.2, 0.25) is 5.95 Å². The standard InChI is InChI=1S/C14H12F3N5/c1-8-2-7-11(18)22-12(8)20-13(21-22)19-10-5-3-9(4-6-10)14(15,16)17/h2-7H,18H2,1H3,(H,19,21). The van der Waals surface area contributed by atoms with Gasteiger partial charge >= 0.3 is 6.18 Å². The van der Waals surface area contributed by atoms with Crippen LogP contribution >= 0.6 is 0 Å². The summed E-state index contributed by atoms with van der Waals surface area (Å²) in [6, 6.07) is 8.17. The number of aromatic nitrogens is 3. The van der Waals surface area contributed by atoms with E-state index in [0.717, 1.165) is 17.7 Å². The van der Waals surface area contributed by atoms with Crippen molar-refractivity contribution in [3.63, 3.8) is 0 Å². The molecule has 3 rings (SSSR count). The van der Waals surface area contributed by atoms with Gasteiger partial charge in [0.1, 0.15) is 5.82 Å². The number of nitrogens with two attached hydrogens (primary N) is 1. The molecular formula is C14H12F3N5. The minimum absolute atomic E-state index is 0.265. The molecule has 5 nitrogen and oxygen atoms in total. The van der Waals surface area contributed by atoms with Crippen LogP contribution < -0.4 is 11.1 Å². The minimum atomic E-state index is -4.36. The van der Waals surface area contributed by atoms with Gasteiger partial charge in [-0.1, -0.05) is 6.07 Å². The Kier molecular flexibility index (Phi) is 3.16. The molecule has 0 saturated heterocycles. The lowest BCUT2D eigenvalue weighted by Gasteiger charge is -2.07. The van der Waals surface area contributed by atoms with Crippen LogP contribution in [0.1, 0.15) is 11.1 Å². The third kappa shape index (κ3) is 2.54. The normalized spacial score (nSPS) is 11.8. The van der Waals surface area contributed by atoms with Gasteiger partial charge in [-0.2, -0.15) is 22.7 Å². The number of rotatable bonds is 2. The fraction of sp³-hybridized carbons (Fsp3) is 0.143. The highest BCUT2D eigenvalue weighted by atomic mass is 19.4. The molecule has 0 spiro atoms. The predicted octanol–water partition coefficient (Wildman–Crippen LogP) is 3.38. The van der Waals surface area contributed by atoms with E-state index < -0.39 is 11.7 Å². The van der Waals surface area contributed by atoms with E-state index >= 15 is 0 Å². The Balaban J connectivity index is 1.90. The molecular weight excluding hydrogens is 295 g/mol. The molecule has 0 unspecified atom stereocenters. The number of hydrogen-bond donors (Lipinski definition) is 2. The summed E-state index contributed by atoms with van der Waals surface area (Å²) >= 11 is 0. The van der Waals surface area contributed by atoms with Crippen molar-refractivity contribution in [1.82, 2.24) is 14.6 Å².